The Morgan fingerprint density at radius 1 is 0.917 bits per heavy atom. The van der Waals surface area contributed by atoms with Crippen LogP contribution < -0.4 is 0 Å². The summed E-state index contributed by atoms with van der Waals surface area (Å²) in [5.74, 6) is 0.934. The molecule has 3 aromatic carbocycles. The van der Waals surface area contributed by atoms with Gasteiger partial charge in [0.15, 0.2) is 0 Å². The van der Waals surface area contributed by atoms with Crippen molar-refractivity contribution in [3.8, 4) is 11.4 Å². The van der Waals surface area contributed by atoms with Gasteiger partial charge in [-0.1, -0.05) is 54.1 Å². The molecular weight excluding hydrogens is 407 g/mol. The van der Waals surface area contributed by atoms with Crippen LogP contribution in [-0.2, 0) is 6.42 Å². The van der Waals surface area contributed by atoms with E-state index in [1.165, 1.54) is 20.3 Å². The average molecular weight is 424 g/mol. The topological polar surface area (TPSA) is 28.7 Å². The molecule has 0 spiro atoms. The van der Waals surface area contributed by atoms with Crippen LogP contribution in [0.2, 0.25) is 0 Å². The largest absolute Gasteiger partial charge is 0.338 e. The molecule has 0 saturated heterocycles. The molecule has 1 N–H and O–H groups in total. The van der Waals surface area contributed by atoms with Gasteiger partial charge in [0.1, 0.15) is 5.82 Å². The maximum Gasteiger partial charge on any atom is 0.138 e. The van der Waals surface area contributed by atoms with Gasteiger partial charge in [-0.2, -0.15) is 0 Å². The number of para-hydroxylation sites is 1. The molecule has 0 fully saturated rings. The van der Waals surface area contributed by atoms with Crippen LogP contribution in [0.1, 0.15) is 16.7 Å². The fourth-order valence-electron chi connectivity index (χ4n) is 3.01. The quantitative estimate of drug-likeness (QED) is 0.418. The van der Waals surface area contributed by atoms with E-state index < -0.39 is 0 Å². The second kappa shape index (κ2) is 6.40. The summed E-state index contributed by atoms with van der Waals surface area (Å²) in [6.45, 7) is 2.11. The SMILES string of the molecule is Cc1cccc(-c2nc3c(Cc4ccccc4I)cccc3[nH]2)c1. The number of fused-ring (bicyclic) bond motifs is 1. The zero-order valence-electron chi connectivity index (χ0n) is 13.4. The molecule has 1 heterocycles. The first-order valence-electron chi connectivity index (χ1n) is 7.99. The highest BCUT2D eigenvalue weighted by Crippen LogP contribution is 2.26. The number of rotatable bonds is 3. The van der Waals surface area contributed by atoms with Crippen LogP contribution in [0, 0.1) is 10.5 Å². The minimum atomic E-state index is 0.897. The van der Waals surface area contributed by atoms with Crippen molar-refractivity contribution in [1.29, 1.82) is 0 Å². The Bertz CT molecular complexity index is 1020. The van der Waals surface area contributed by atoms with Gasteiger partial charge in [0, 0.05) is 15.6 Å². The summed E-state index contributed by atoms with van der Waals surface area (Å²) in [7, 11) is 0. The molecule has 3 heteroatoms. The van der Waals surface area contributed by atoms with E-state index >= 15 is 0 Å². The highest BCUT2D eigenvalue weighted by molar-refractivity contribution is 14.1. The Balaban J connectivity index is 1.79. The summed E-state index contributed by atoms with van der Waals surface area (Å²) in [6.07, 6.45) is 0.897. The summed E-state index contributed by atoms with van der Waals surface area (Å²) >= 11 is 2.40. The van der Waals surface area contributed by atoms with Crippen LogP contribution in [0.15, 0.2) is 66.7 Å². The van der Waals surface area contributed by atoms with Crippen molar-refractivity contribution in [2.45, 2.75) is 13.3 Å². The van der Waals surface area contributed by atoms with E-state index in [0.717, 1.165) is 28.8 Å². The standard InChI is InChI=1S/C21H17IN2/c1-14-6-4-9-17(12-14)21-23-19-11-5-8-16(20(19)24-21)13-15-7-2-3-10-18(15)22/h2-12H,13H2,1H3,(H,23,24). The molecule has 118 valence electrons. The van der Waals surface area contributed by atoms with E-state index in [1.807, 2.05) is 0 Å². The van der Waals surface area contributed by atoms with Crippen LogP contribution in [0.5, 0.6) is 0 Å². The second-order valence-electron chi connectivity index (χ2n) is 6.04. The molecule has 0 aliphatic rings. The van der Waals surface area contributed by atoms with Gasteiger partial charge in [0.05, 0.1) is 11.0 Å². The molecule has 0 atom stereocenters. The number of imidazole rings is 1. The monoisotopic (exact) mass is 424 g/mol. The predicted octanol–water partition coefficient (Wildman–Crippen LogP) is 5.73. The van der Waals surface area contributed by atoms with Crippen molar-refractivity contribution in [2.75, 3.05) is 0 Å². The van der Waals surface area contributed by atoms with Crippen LogP contribution in [0.4, 0.5) is 0 Å². The molecule has 0 aliphatic carbocycles. The van der Waals surface area contributed by atoms with E-state index in [1.54, 1.807) is 0 Å². The number of nitrogens with zero attached hydrogens (tertiary/aromatic N) is 1. The van der Waals surface area contributed by atoms with Crippen molar-refractivity contribution in [3.05, 3.63) is 87.0 Å². The van der Waals surface area contributed by atoms with Gasteiger partial charge in [0.25, 0.3) is 0 Å². The maximum absolute atomic E-state index is 4.89. The van der Waals surface area contributed by atoms with E-state index in [0.29, 0.717) is 0 Å². The first-order chi connectivity index (χ1) is 11.7. The Labute approximate surface area is 155 Å². The predicted molar refractivity (Wildman–Crippen MR) is 108 cm³/mol. The molecule has 4 rings (SSSR count). The Kier molecular flexibility index (Phi) is 4.10. The Hall–Kier alpha value is -2.14. The van der Waals surface area contributed by atoms with Gasteiger partial charge in [-0.25, -0.2) is 4.98 Å². The number of benzene rings is 3. The van der Waals surface area contributed by atoms with Gasteiger partial charge < -0.3 is 4.98 Å². The fraction of sp³-hybridized carbons (Fsp3) is 0.0952. The molecule has 2 nitrogen and oxygen atoms in total. The van der Waals surface area contributed by atoms with Crippen LogP contribution >= 0.6 is 22.6 Å². The maximum atomic E-state index is 4.89. The lowest BCUT2D eigenvalue weighted by Gasteiger charge is -2.05. The molecule has 0 radical (unpaired) electrons. The third kappa shape index (κ3) is 2.96. The van der Waals surface area contributed by atoms with E-state index in [9.17, 15) is 0 Å². The van der Waals surface area contributed by atoms with Crippen molar-refractivity contribution in [3.63, 3.8) is 0 Å². The van der Waals surface area contributed by atoms with E-state index in [2.05, 4.69) is 101 Å². The van der Waals surface area contributed by atoms with Crippen molar-refractivity contribution >= 4 is 33.6 Å². The highest BCUT2D eigenvalue weighted by atomic mass is 127. The minimum Gasteiger partial charge on any atom is -0.338 e. The van der Waals surface area contributed by atoms with E-state index in [-0.39, 0.29) is 0 Å². The average Bonchev–Trinajstić information content (AvgIpc) is 3.02. The van der Waals surface area contributed by atoms with Crippen molar-refractivity contribution < 1.29 is 0 Å². The number of hydrogen-bond acceptors (Lipinski definition) is 1. The molecule has 0 unspecified atom stereocenters. The molecule has 0 bridgehead atoms. The van der Waals surface area contributed by atoms with Gasteiger partial charge in [-0.05, 0) is 58.8 Å². The van der Waals surface area contributed by atoms with Gasteiger partial charge in [-0.3, -0.25) is 0 Å². The molecule has 0 aliphatic heterocycles. The summed E-state index contributed by atoms with van der Waals surface area (Å²) in [6, 6.07) is 23.3. The van der Waals surface area contributed by atoms with Gasteiger partial charge in [0.2, 0.25) is 0 Å². The van der Waals surface area contributed by atoms with Gasteiger partial charge in [-0.15, -0.1) is 0 Å². The van der Waals surface area contributed by atoms with E-state index in [4.69, 9.17) is 4.98 Å². The zero-order chi connectivity index (χ0) is 16.5. The first-order valence-corrected chi connectivity index (χ1v) is 9.06. The van der Waals surface area contributed by atoms with Crippen LogP contribution in [0.25, 0.3) is 22.4 Å². The number of aromatic amines is 1. The number of hydrogen-bond donors (Lipinski definition) is 1. The zero-order valence-corrected chi connectivity index (χ0v) is 15.5. The second-order valence-corrected chi connectivity index (χ2v) is 7.20. The third-order valence-corrected chi connectivity index (χ3v) is 5.28. The lowest BCUT2D eigenvalue weighted by atomic mass is 10.0. The summed E-state index contributed by atoms with van der Waals surface area (Å²) in [5, 5.41) is 0. The number of H-pyrrole nitrogens is 1. The highest BCUT2D eigenvalue weighted by Gasteiger charge is 2.10. The summed E-state index contributed by atoms with van der Waals surface area (Å²) < 4.78 is 1.29. The molecule has 4 aromatic rings. The number of halogens is 1. The fourth-order valence-corrected chi connectivity index (χ4v) is 3.59. The number of aryl methyl sites for hydroxylation is 1. The van der Waals surface area contributed by atoms with Crippen molar-refractivity contribution in [1.82, 2.24) is 9.97 Å². The molecule has 0 amide bonds. The normalized spacial score (nSPS) is 11.1. The lowest BCUT2D eigenvalue weighted by molar-refractivity contribution is 1.18. The summed E-state index contributed by atoms with van der Waals surface area (Å²) in [4.78, 5) is 8.36. The molecule has 0 saturated carbocycles. The molecule has 1 aromatic heterocycles. The summed E-state index contributed by atoms with van der Waals surface area (Å²) in [5.41, 5.74) is 7.12. The minimum absolute atomic E-state index is 0.897. The van der Waals surface area contributed by atoms with Crippen LogP contribution in [0.3, 0.4) is 0 Å². The van der Waals surface area contributed by atoms with Gasteiger partial charge >= 0.3 is 0 Å². The molecular formula is C21H17IN2. The first kappa shape index (κ1) is 15.4. The van der Waals surface area contributed by atoms with Crippen LogP contribution in [-0.4, -0.2) is 9.97 Å². The Morgan fingerprint density at radius 3 is 2.54 bits per heavy atom. The smallest absolute Gasteiger partial charge is 0.138 e. The third-order valence-electron chi connectivity index (χ3n) is 4.23. The number of aromatic nitrogens is 2. The lowest BCUT2D eigenvalue weighted by Crippen LogP contribution is -1.92. The molecule has 24 heavy (non-hydrogen) atoms. The number of nitrogens with one attached hydrogen (secondary N) is 1. The van der Waals surface area contributed by atoms with Crippen molar-refractivity contribution in [2.24, 2.45) is 0 Å². The Morgan fingerprint density at radius 2 is 1.71 bits per heavy atom.